The molecule has 7 nitrogen and oxygen atoms in total. The molecule has 2 aromatic carbocycles. The third-order valence-electron chi connectivity index (χ3n) is 5.12. The van der Waals surface area contributed by atoms with Gasteiger partial charge in [0.25, 0.3) is 0 Å². The summed E-state index contributed by atoms with van der Waals surface area (Å²) in [6, 6.07) is 10.3. The van der Waals surface area contributed by atoms with Crippen molar-refractivity contribution in [2.75, 3.05) is 40.4 Å². The SMILES string of the molecule is COc1ccc(CCC(=O)N2CCN(S(=O)(=O)c3ccc(F)cc3)CC2)cc1OC. The minimum absolute atomic E-state index is 0.0244. The summed E-state index contributed by atoms with van der Waals surface area (Å²) < 4.78 is 50.2. The number of carbonyl (C=O) groups excluding carboxylic acids is 1. The summed E-state index contributed by atoms with van der Waals surface area (Å²) >= 11 is 0. The van der Waals surface area contributed by atoms with E-state index in [1.807, 2.05) is 12.1 Å². The molecule has 0 N–H and O–H groups in total. The summed E-state index contributed by atoms with van der Waals surface area (Å²) in [7, 11) is -0.566. The van der Waals surface area contributed by atoms with Crippen LogP contribution in [-0.4, -0.2) is 63.9 Å². The Hall–Kier alpha value is -2.65. The van der Waals surface area contributed by atoms with E-state index >= 15 is 0 Å². The standard InChI is InChI=1S/C21H25FN2O5S/c1-28-19-9-3-16(15-20(19)29-2)4-10-21(25)23-11-13-24(14-12-23)30(26,27)18-7-5-17(22)6-8-18/h3,5-9,15H,4,10-14H2,1-2H3. The first-order valence-corrected chi connectivity index (χ1v) is 11.0. The first-order valence-electron chi connectivity index (χ1n) is 9.59. The van der Waals surface area contributed by atoms with Crippen molar-refractivity contribution in [1.29, 1.82) is 0 Å². The lowest BCUT2D eigenvalue weighted by Gasteiger charge is -2.34. The number of aryl methyl sites for hydroxylation is 1. The number of ether oxygens (including phenoxy) is 2. The third-order valence-corrected chi connectivity index (χ3v) is 7.03. The Morgan fingerprint density at radius 2 is 1.60 bits per heavy atom. The third kappa shape index (κ3) is 4.91. The molecule has 0 aromatic heterocycles. The van der Waals surface area contributed by atoms with Crippen LogP contribution in [0.25, 0.3) is 0 Å². The van der Waals surface area contributed by atoms with E-state index in [4.69, 9.17) is 9.47 Å². The summed E-state index contributed by atoms with van der Waals surface area (Å²) in [6.07, 6.45) is 0.869. The lowest BCUT2D eigenvalue weighted by Crippen LogP contribution is -2.50. The minimum atomic E-state index is -3.69. The van der Waals surface area contributed by atoms with Crippen molar-refractivity contribution in [3.05, 3.63) is 53.8 Å². The predicted molar refractivity (Wildman–Crippen MR) is 110 cm³/mol. The van der Waals surface area contributed by atoms with Crippen molar-refractivity contribution in [3.8, 4) is 11.5 Å². The molecule has 0 spiro atoms. The second-order valence-electron chi connectivity index (χ2n) is 6.93. The second kappa shape index (κ2) is 9.44. The maximum Gasteiger partial charge on any atom is 0.243 e. The molecule has 1 aliphatic rings. The molecule has 0 radical (unpaired) electrons. The van der Waals surface area contributed by atoms with Crippen LogP contribution in [0.3, 0.4) is 0 Å². The molecule has 0 aliphatic carbocycles. The number of amides is 1. The highest BCUT2D eigenvalue weighted by Gasteiger charge is 2.30. The molecule has 1 amide bonds. The van der Waals surface area contributed by atoms with Crippen LogP contribution in [0.1, 0.15) is 12.0 Å². The Balaban J connectivity index is 1.55. The molecule has 1 heterocycles. The van der Waals surface area contributed by atoms with Crippen LogP contribution in [0, 0.1) is 5.82 Å². The molecule has 1 fully saturated rings. The lowest BCUT2D eigenvalue weighted by molar-refractivity contribution is -0.132. The molecule has 0 saturated carbocycles. The van der Waals surface area contributed by atoms with Crippen LogP contribution in [0.15, 0.2) is 47.4 Å². The van der Waals surface area contributed by atoms with E-state index in [-0.39, 0.29) is 23.9 Å². The van der Waals surface area contributed by atoms with Crippen LogP contribution in [-0.2, 0) is 21.2 Å². The van der Waals surface area contributed by atoms with Crippen molar-refractivity contribution in [2.45, 2.75) is 17.7 Å². The number of carbonyl (C=O) groups is 1. The van der Waals surface area contributed by atoms with E-state index in [0.29, 0.717) is 37.4 Å². The topological polar surface area (TPSA) is 76.2 Å². The van der Waals surface area contributed by atoms with Gasteiger partial charge in [-0.2, -0.15) is 4.31 Å². The predicted octanol–water partition coefficient (Wildman–Crippen LogP) is 2.31. The highest BCUT2D eigenvalue weighted by molar-refractivity contribution is 7.89. The number of halogens is 1. The van der Waals surface area contributed by atoms with Crippen molar-refractivity contribution in [3.63, 3.8) is 0 Å². The monoisotopic (exact) mass is 436 g/mol. The fourth-order valence-corrected chi connectivity index (χ4v) is 4.80. The van der Waals surface area contributed by atoms with Crippen molar-refractivity contribution >= 4 is 15.9 Å². The Bertz CT molecular complexity index is 987. The molecule has 30 heavy (non-hydrogen) atoms. The van der Waals surface area contributed by atoms with Crippen LogP contribution >= 0.6 is 0 Å². The summed E-state index contributed by atoms with van der Waals surface area (Å²) in [5, 5.41) is 0. The Morgan fingerprint density at radius 3 is 2.20 bits per heavy atom. The zero-order valence-electron chi connectivity index (χ0n) is 17.0. The van der Waals surface area contributed by atoms with Gasteiger partial charge in [-0.25, -0.2) is 12.8 Å². The Kier molecular flexibility index (Phi) is 6.94. The normalized spacial score (nSPS) is 15.1. The number of sulfonamides is 1. The Morgan fingerprint density at radius 1 is 0.967 bits per heavy atom. The van der Waals surface area contributed by atoms with Crippen LogP contribution in [0.4, 0.5) is 4.39 Å². The van der Waals surface area contributed by atoms with Crippen molar-refractivity contribution in [2.24, 2.45) is 0 Å². The van der Waals surface area contributed by atoms with Gasteiger partial charge < -0.3 is 14.4 Å². The largest absolute Gasteiger partial charge is 0.493 e. The smallest absolute Gasteiger partial charge is 0.243 e. The molecular weight excluding hydrogens is 411 g/mol. The van der Waals surface area contributed by atoms with Gasteiger partial charge in [0.2, 0.25) is 15.9 Å². The van der Waals surface area contributed by atoms with Gasteiger partial charge in [0, 0.05) is 32.6 Å². The van der Waals surface area contributed by atoms with Crippen LogP contribution in [0.2, 0.25) is 0 Å². The zero-order valence-corrected chi connectivity index (χ0v) is 17.8. The maximum absolute atomic E-state index is 13.1. The number of nitrogens with zero attached hydrogens (tertiary/aromatic N) is 2. The molecule has 1 saturated heterocycles. The molecule has 2 aromatic rings. The molecule has 162 valence electrons. The first kappa shape index (κ1) is 22.0. The van der Waals surface area contributed by atoms with E-state index in [2.05, 4.69) is 0 Å². The molecule has 1 aliphatic heterocycles. The van der Waals surface area contributed by atoms with Crippen molar-refractivity contribution < 1.29 is 27.1 Å². The van der Waals surface area contributed by atoms with Gasteiger partial charge >= 0.3 is 0 Å². The fraction of sp³-hybridized carbons (Fsp3) is 0.381. The number of benzene rings is 2. The number of hydrogen-bond acceptors (Lipinski definition) is 5. The number of piperazine rings is 1. The lowest BCUT2D eigenvalue weighted by atomic mass is 10.1. The first-order chi connectivity index (χ1) is 14.3. The van der Waals surface area contributed by atoms with E-state index in [1.165, 1.54) is 16.4 Å². The van der Waals surface area contributed by atoms with E-state index in [0.717, 1.165) is 17.7 Å². The number of rotatable bonds is 7. The van der Waals surface area contributed by atoms with Gasteiger partial charge in [-0.15, -0.1) is 0 Å². The average molecular weight is 437 g/mol. The van der Waals surface area contributed by atoms with Gasteiger partial charge in [-0.3, -0.25) is 4.79 Å². The van der Waals surface area contributed by atoms with Crippen LogP contribution < -0.4 is 9.47 Å². The van der Waals surface area contributed by atoms with Crippen LogP contribution in [0.5, 0.6) is 11.5 Å². The average Bonchev–Trinajstić information content (AvgIpc) is 2.77. The molecular formula is C21H25FN2O5S. The van der Waals surface area contributed by atoms with Gasteiger partial charge in [0.15, 0.2) is 11.5 Å². The fourth-order valence-electron chi connectivity index (χ4n) is 3.38. The maximum atomic E-state index is 13.1. The summed E-state index contributed by atoms with van der Waals surface area (Å²) in [5.41, 5.74) is 0.957. The minimum Gasteiger partial charge on any atom is -0.493 e. The second-order valence-corrected chi connectivity index (χ2v) is 8.87. The summed E-state index contributed by atoms with van der Waals surface area (Å²) in [4.78, 5) is 14.3. The molecule has 0 unspecified atom stereocenters. The number of hydrogen-bond donors (Lipinski definition) is 0. The Labute approximate surface area is 176 Å². The summed E-state index contributed by atoms with van der Waals surface area (Å²) in [5.74, 6) is 0.732. The molecule has 0 bridgehead atoms. The van der Waals surface area contributed by atoms with E-state index in [1.54, 1.807) is 25.2 Å². The van der Waals surface area contributed by atoms with E-state index in [9.17, 15) is 17.6 Å². The highest BCUT2D eigenvalue weighted by atomic mass is 32.2. The van der Waals surface area contributed by atoms with Crippen molar-refractivity contribution in [1.82, 2.24) is 9.21 Å². The summed E-state index contributed by atoms with van der Waals surface area (Å²) in [6.45, 7) is 1.07. The highest BCUT2D eigenvalue weighted by Crippen LogP contribution is 2.28. The molecule has 0 atom stereocenters. The number of methoxy groups -OCH3 is 2. The van der Waals surface area contributed by atoms with Gasteiger partial charge in [0.1, 0.15) is 5.82 Å². The van der Waals surface area contributed by atoms with E-state index < -0.39 is 15.8 Å². The van der Waals surface area contributed by atoms with Gasteiger partial charge in [-0.05, 0) is 48.4 Å². The zero-order chi connectivity index (χ0) is 21.7. The molecule has 9 heteroatoms. The molecule has 3 rings (SSSR count). The van der Waals surface area contributed by atoms with Gasteiger partial charge in [0.05, 0.1) is 19.1 Å². The quantitative estimate of drug-likeness (QED) is 0.666. The van der Waals surface area contributed by atoms with Gasteiger partial charge in [-0.1, -0.05) is 6.07 Å².